The van der Waals surface area contributed by atoms with Gasteiger partial charge in [0.1, 0.15) is 12.3 Å². The topological polar surface area (TPSA) is 51.3 Å². The Bertz CT molecular complexity index is 980. The maximum atomic E-state index is 13.0. The van der Waals surface area contributed by atoms with Crippen LogP contribution in [0.5, 0.6) is 0 Å². The number of carbonyl (C=O) groups is 1. The summed E-state index contributed by atoms with van der Waals surface area (Å²) in [5, 5.41) is 5.01. The Labute approximate surface area is 170 Å². The lowest BCUT2D eigenvalue weighted by Crippen LogP contribution is -2.39. The molecule has 0 bridgehead atoms. The second-order valence-corrected chi connectivity index (χ2v) is 7.10. The van der Waals surface area contributed by atoms with Gasteiger partial charge in [0.15, 0.2) is 0 Å². The van der Waals surface area contributed by atoms with Crippen LogP contribution in [0.3, 0.4) is 0 Å². The summed E-state index contributed by atoms with van der Waals surface area (Å²) in [6, 6.07) is 10.1. The molecule has 154 valence electrons. The van der Waals surface area contributed by atoms with E-state index in [0.717, 1.165) is 10.6 Å². The zero-order valence-corrected chi connectivity index (χ0v) is 16.6. The lowest BCUT2D eigenvalue weighted by Gasteiger charge is -2.23. The van der Waals surface area contributed by atoms with Crippen LogP contribution in [0.1, 0.15) is 22.7 Å². The molecule has 5 nitrogen and oxygen atoms in total. The number of hydrogen-bond acceptors (Lipinski definition) is 3. The van der Waals surface area contributed by atoms with E-state index in [9.17, 15) is 18.0 Å². The molecule has 2 aromatic heterocycles. The zero-order valence-electron chi connectivity index (χ0n) is 15.8. The molecule has 0 N–H and O–H groups in total. The first-order chi connectivity index (χ1) is 13.6. The van der Waals surface area contributed by atoms with Crippen molar-refractivity contribution in [1.29, 1.82) is 0 Å². The minimum atomic E-state index is -4.51. The van der Waals surface area contributed by atoms with E-state index in [1.54, 1.807) is 48.9 Å². The molecule has 0 radical (unpaired) electrons. The number of benzene rings is 1. The number of aryl methyl sites for hydroxylation is 1. The van der Waals surface area contributed by atoms with Gasteiger partial charge in [-0.15, -0.1) is 0 Å². The van der Waals surface area contributed by atoms with Gasteiger partial charge in [-0.25, -0.2) is 4.68 Å². The van der Waals surface area contributed by atoms with Gasteiger partial charge in [0.05, 0.1) is 30.6 Å². The Morgan fingerprint density at radius 3 is 2.48 bits per heavy atom. The summed E-state index contributed by atoms with van der Waals surface area (Å²) in [6.07, 6.45) is -3.35. The highest BCUT2D eigenvalue weighted by Gasteiger charge is 2.34. The summed E-state index contributed by atoms with van der Waals surface area (Å²) in [5.41, 5.74) is 2.60. The average Bonchev–Trinajstić information content (AvgIpc) is 3.24. The molecule has 0 saturated heterocycles. The molecule has 3 aromatic rings. The number of alkyl halides is 3. The van der Waals surface area contributed by atoms with Crippen molar-refractivity contribution in [2.24, 2.45) is 0 Å². The first-order valence-electron chi connectivity index (χ1n) is 8.82. The van der Waals surface area contributed by atoms with Gasteiger partial charge in [-0.1, -0.05) is 11.6 Å². The monoisotopic (exact) mass is 425 g/mol. The summed E-state index contributed by atoms with van der Waals surface area (Å²) in [4.78, 5) is 13.5. The maximum Gasteiger partial charge on any atom is 0.406 e. The molecule has 1 aromatic carbocycles. The van der Waals surface area contributed by atoms with Crippen LogP contribution in [0.25, 0.3) is 5.69 Å². The van der Waals surface area contributed by atoms with Crippen LogP contribution >= 0.6 is 11.6 Å². The highest BCUT2D eigenvalue weighted by molar-refractivity contribution is 6.30. The molecule has 9 heteroatoms. The molecule has 29 heavy (non-hydrogen) atoms. The van der Waals surface area contributed by atoms with Crippen LogP contribution in [-0.4, -0.2) is 33.3 Å². The largest absolute Gasteiger partial charge is 0.467 e. The molecule has 1 amide bonds. The highest BCUT2D eigenvalue weighted by atomic mass is 35.5. The van der Waals surface area contributed by atoms with Crippen molar-refractivity contribution in [2.75, 3.05) is 6.54 Å². The standard InChI is InChI=1S/C20H19ClF3N3O2/c1-13-18(14(2)27(25-13)16-7-5-15(21)6-8-16)10-19(28)26(12-20(22,23)24)11-17-4-3-9-29-17/h3-9H,10-12H2,1-2H3. The molecule has 0 spiro atoms. The summed E-state index contributed by atoms with van der Waals surface area (Å²) in [5.74, 6) is -0.367. The van der Waals surface area contributed by atoms with Crippen molar-refractivity contribution in [2.45, 2.75) is 33.0 Å². The van der Waals surface area contributed by atoms with Crippen LogP contribution < -0.4 is 0 Å². The minimum Gasteiger partial charge on any atom is -0.467 e. The van der Waals surface area contributed by atoms with Crippen LogP contribution in [-0.2, 0) is 17.8 Å². The maximum absolute atomic E-state index is 13.0. The number of aromatic nitrogens is 2. The first kappa shape index (κ1) is 21.0. The lowest BCUT2D eigenvalue weighted by atomic mass is 10.1. The van der Waals surface area contributed by atoms with E-state index >= 15 is 0 Å². The first-order valence-corrected chi connectivity index (χ1v) is 9.20. The molecule has 0 fully saturated rings. The Morgan fingerprint density at radius 2 is 1.90 bits per heavy atom. The third-order valence-corrected chi connectivity index (χ3v) is 4.74. The van der Waals surface area contributed by atoms with Crippen molar-refractivity contribution >= 4 is 17.5 Å². The van der Waals surface area contributed by atoms with Crippen molar-refractivity contribution in [3.63, 3.8) is 0 Å². The van der Waals surface area contributed by atoms with Crippen molar-refractivity contribution < 1.29 is 22.4 Å². The van der Waals surface area contributed by atoms with E-state index in [4.69, 9.17) is 16.0 Å². The molecule has 0 saturated carbocycles. The molecular formula is C20H19ClF3N3O2. The summed E-state index contributed by atoms with van der Waals surface area (Å²) in [6.45, 7) is 1.89. The van der Waals surface area contributed by atoms with Crippen molar-refractivity contribution in [1.82, 2.24) is 14.7 Å². The quantitative estimate of drug-likeness (QED) is 0.566. The summed E-state index contributed by atoms with van der Waals surface area (Å²) in [7, 11) is 0. The van der Waals surface area contributed by atoms with Gasteiger partial charge >= 0.3 is 6.18 Å². The van der Waals surface area contributed by atoms with Gasteiger partial charge in [0, 0.05) is 16.3 Å². The molecule has 2 heterocycles. The van der Waals surface area contributed by atoms with E-state index in [1.165, 1.54) is 12.3 Å². The van der Waals surface area contributed by atoms with Crippen molar-refractivity contribution in [3.05, 3.63) is 70.4 Å². The molecular weight excluding hydrogens is 407 g/mol. The summed E-state index contributed by atoms with van der Waals surface area (Å²) >= 11 is 5.91. The van der Waals surface area contributed by atoms with Crippen LogP contribution in [0.4, 0.5) is 13.2 Å². The molecule has 0 aliphatic rings. The second kappa shape index (κ2) is 8.32. The second-order valence-electron chi connectivity index (χ2n) is 6.66. The van der Waals surface area contributed by atoms with Crippen LogP contribution in [0.2, 0.25) is 5.02 Å². The van der Waals surface area contributed by atoms with E-state index < -0.39 is 18.6 Å². The van der Waals surface area contributed by atoms with Gasteiger partial charge in [-0.3, -0.25) is 4.79 Å². The lowest BCUT2D eigenvalue weighted by molar-refractivity contribution is -0.162. The van der Waals surface area contributed by atoms with Gasteiger partial charge in [0.2, 0.25) is 5.91 Å². The SMILES string of the molecule is Cc1nn(-c2ccc(Cl)cc2)c(C)c1CC(=O)N(Cc1ccco1)CC(F)(F)F. The summed E-state index contributed by atoms with van der Waals surface area (Å²) < 4.78 is 45.8. The number of halogens is 4. The van der Waals surface area contributed by atoms with Gasteiger partial charge in [0.25, 0.3) is 0 Å². The third kappa shape index (κ3) is 5.20. The van der Waals surface area contributed by atoms with Crippen molar-refractivity contribution in [3.8, 4) is 5.69 Å². The minimum absolute atomic E-state index is 0.192. The van der Waals surface area contributed by atoms with Gasteiger partial charge in [-0.05, 0) is 50.2 Å². The average molecular weight is 426 g/mol. The molecule has 0 unspecified atom stereocenters. The Balaban J connectivity index is 1.84. The van der Waals surface area contributed by atoms with Crippen LogP contribution in [0, 0.1) is 13.8 Å². The number of carbonyl (C=O) groups excluding carboxylic acids is 1. The number of amides is 1. The zero-order chi connectivity index (χ0) is 21.2. The molecule has 0 atom stereocenters. The van der Waals surface area contributed by atoms with E-state index in [-0.39, 0.29) is 18.7 Å². The van der Waals surface area contributed by atoms with Gasteiger partial charge < -0.3 is 9.32 Å². The third-order valence-electron chi connectivity index (χ3n) is 4.49. The molecule has 0 aliphatic heterocycles. The smallest absolute Gasteiger partial charge is 0.406 e. The fraction of sp³-hybridized carbons (Fsp3) is 0.300. The fourth-order valence-corrected chi connectivity index (χ4v) is 3.19. The van der Waals surface area contributed by atoms with Crippen LogP contribution in [0.15, 0.2) is 47.1 Å². The molecule has 0 aliphatic carbocycles. The fourth-order valence-electron chi connectivity index (χ4n) is 3.07. The number of rotatable bonds is 6. The number of nitrogens with zero attached hydrogens (tertiary/aromatic N) is 3. The predicted molar refractivity (Wildman–Crippen MR) is 102 cm³/mol. The Kier molecular flexibility index (Phi) is 6.02. The van der Waals surface area contributed by atoms with Gasteiger partial charge in [-0.2, -0.15) is 18.3 Å². The highest BCUT2D eigenvalue weighted by Crippen LogP contribution is 2.23. The number of furan rings is 1. The molecule has 3 rings (SSSR count). The van der Waals surface area contributed by atoms with E-state index in [1.807, 2.05) is 0 Å². The number of hydrogen-bond donors (Lipinski definition) is 0. The van der Waals surface area contributed by atoms with E-state index in [2.05, 4.69) is 5.10 Å². The van der Waals surface area contributed by atoms with E-state index in [0.29, 0.717) is 22.0 Å². The predicted octanol–water partition coefficient (Wildman–Crippen LogP) is 4.87. The Morgan fingerprint density at radius 1 is 1.21 bits per heavy atom. The Hall–Kier alpha value is -2.74. The normalized spacial score (nSPS) is 11.7.